The van der Waals surface area contributed by atoms with Crippen LogP contribution in [0.15, 0.2) is 30.6 Å². The minimum atomic E-state index is -0.261. The van der Waals surface area contributed by atoms with Crippen LogP contribution in [0.25, 0.3) is 0 Å². The number of aromatic nitrogens is 4. The van der Waals surface area contributed by atoms with E-state index in [4.69, 9.17) is 0 Å². The molecule has 92 valence electrons. The van der Waals surface area contributed by atoms with Gasteiger partial charge < -0.3 is 5.32 Å². The van der Waals surface area contributed by atoms with E-state index in [9.17, 15) is 9.59 Å². The lowest BCUT2D eigenvalue weighted by Gasteiger charge is -2.05. The summed E-state index contributed by atoms with van der Waals surface area (Å²) in [5.74, 6) is -0.311. The van der Waals surface area contributed by atoms with Crippen molar-refractivity contribution in [3.8, 4) is 0 Å². The third-order valence-electron chi connectivity index (χ3n) is 2.25. The van der Waals surface area contributed by atoms with Gasteiger partial charge in [0.15, 0.2) is 5.78 Å². The Balaban J connectivity index is 2.03. The standard InChI is InChI=1S/C11H11N5O2/c1-8(17)9-3-2-4-10(5-9)13-11(18)6-16-7-12-14-15-16/h2-5,7H,6H2,1H3,(H,13,18). The Morgan fingerprint density at radius 2 is 2.22 bits per heavy atom. The second kappa shape index (κ2) is 5.17. The van der Waals surface area contributed by atoms with Crippen molar-refractivity contribution in [2.45, 2.75) is 13.5 Å². The Morgan fingerprint density at radius 1 is 1.39 bits per heavy atom. The van der Waals surface area contributed by atoms with Gasteiger partial charge in [-0.25, -0.2) is 4.68 Å². The van der Waals surface area contributed by atoms with Gasteiger partial charge in [0.2, 0.25) is 5.91 Å². The van der Waals surface area contributed by atoms with Crippen LogP contribution in [0.4, 0.5) is 5.69 Å². The van der Waals surface area contributed by atoms with Gasteiger partial charge in [-0.15, -0.1) is 5.10 Å². The highest BCUT2D eigenvalue weighted by molar-refractivity contribution is 5.97. The molecular formula is C11H11N5O2. The summed E-state index contributed by atoms with van der Waals surface area (Å²) in [5, 5.41) is 13.1. The molecule has 0 atom stereocenters. The molecule has 0 bridgehead atoms. The molecule has 0 fully saturated rings. The SMILES string of the molecule is CC(=O)c1cccc(NC(=O)Cn2cnnn2)c1. The number of nitrogens with zero attached hydrogens (tertiary/aromatic N) is 4. The molecule has 0 aliphatic heterocycles. The first-order valence-corrected chi connectivity index (χ1v) is 5.27. The number of ketones is 1. The van der Waals surface area contributed by atoms with Crippen LogP contribution >= 0.6 is 0 Å². The van der Waals surface area contributed by atoms with E-state index in [1.165, 1.54) is 17.9 Å². The lowest BCUT2D eigenvalue weighted by Crippen LogP contribution is -2.19. The van der Waals surface area contributed by atoms with Crippen molar-refractivity contribution in [3.63, 3.8) is 0 Å². The van der Waals surface area contributed by atoms with Crippen LogP contribution in [0.5, 0.6) is 0 Å². The average molecular weight is 245 g/mol. The Hall–Kier alpha value is -2.57. The number of anilines is 1. The molecule has 0 spiro atoms. The summed E-state index contributed by atoms with van der Waals surface area (Å²) in [4.78, 5) is 22.8. The highest BCUT2D eigenvalue weighted by Crippen LogP contribution is 2.11. The molecule has 18 heavy (non-hydrogen) atoms. The van der Waals surface area contributed by atoms with Crippen molar-refractivity contribution in [2.24, 2.45) is 0 Å². The summed E-state index contributed by atoms with van der Waals surface area (Å²) in [5.41, 5.74) is 1.12. The van der Waals surface area contributed by atoms with Crippen molar-refractivity contribution in [1.82, 2.24) is 20.2 Å². The summed E-state index contributed by atoms with van der Waals surface area (Å²) in [6, 6.07) is 6.74. The number of Topliss-reactive ketones (excluding diaryl/α,β-unsaturated/α-hetero) is 1. The normalized spacial score (nSPS) is 10.1. The Labute approximate surface area is 103 Å². The fraction of sp³-hybridized carbons (Fsp3) is 0.182. The smallest absolute Gasteiger partial charge is 0.246 e. The topological polar surface area (TPSA) is 89.8 Å². The molecule has 1 aromatic carbocycles. The van der Waals surface area contributed by atoms with Gasteiger partial charge in [0.05, 0.1) is 0 Å². The van der Waals surface area contributed by atoms with Gasteiger partial charge in [-0.3, -0.25) is 9.59 Å². The first kappa shape index (κ1) is 11.9. The Bertz CT molecular complexity index is 565. The summed E-state index contributed by atoms with van der Waals surface area (Å²) in [6.45, 7) is 1.50. The van der Waals surface area contributed by atoms with E-state index in [1.807, 2.05) is 0 Å². The zero-order valence-electron chi connectivity index (χ0n) is 9.70. The highest BCUT2D eigenvalue weighted by Gasteiger charge is 2.06. The molecular weight excluding hydrogens is 234 g/mol. The van der Waals surface area contributed by atoms with Gasteiger partial charge >= 0.3 is 0 Å². The third kappa shape index (κ3) is 2.97. The van der Waals surface area contributed by atoms with E-state index in [-0.39, 0.29) is 18.2 Å². The lowest BCUT2D eigenvalue weighted by molar-refractivity contribution is -0.116. The zero-order valence-corrected chi connectivity index (χ0v) is 9.70. The minimum absolute atomic E-state index is 0.0251. The highest BCUT2D eigenvalue weighted by atomic mass is 16.2. The summed E-state index contributed by atoms with van der Waals surface area (Å²) in [6.07, 6.45) is 1.35. The molecule has 1 N–H and O–H groups in total. The molecule has 1 heterocycles. The third-order valence-corrected chi connectivity index (χ3v) is 2.25. The maximum absolute atomic E-state index is 11.6. The van der Waals surface area contributed by atoms with Gasteiger partial charge in [-0.05, 0) is 29.5 Å². The van der Waals surface area contributed by atoms with Crippen molar-refractivity contribution in [1.29, 1.82) is 0 Å². The summed E-state index contributed by atoms with van der Waals surface area (Å²) in [7, 11) is 0. The van der Waals surface area contributed by atoms with Crippen LogP contribution in [0.3, 0.4) is 0 Å². The molecule has 1 amide bonds. The Kier molecular flexibility index (Phi) is 3.42. The molecule has 2 aromatic rings. The molecule has 0 saturated carbocycles. The lowest BCUT2D eigenvalue weighted by atomic mass is 10.1. The molecule has 0 saturated heterocycles. The second-order valence-electron chi connectivity index (χ2n) is 3.69. The quantitative estimate of drug-likeness (QED) is 0.793. The number of nitrogens with one attached hydrogen (secondary N) is 1. The number of rotatable bonds is 4. The number of hydrogen-bond donors (Lipinski definition) is 1. The molecule has 0 aliphatic rings. The first-order valence-electron chi connectivity index (χ1n) is 5.27. The van der Waals surface area contributed by atoms with Crippen molar-refractivity contribution < 1.29 is 9.59 Å². The molecule has 1 aromatic heterocycles. The molecule has 7 heteroatoms. The van der Waals surface area contributed by atoms with Crippen LogP contribution in [0, 0.1) is 0 Å². The maximum Gasteiger partial charge on any atom is 0.246 e. The van der Waals surface area contributed by atoms with Crippen molar-refractivity contribution in [3.05, 3.63) is 36.2 Å². The minimum Gasteiger partial charge on any atom is -0.324 e. The number of benzene rings is 1. The predicted molar refractivity (Wildman–Crippen MR) is 62.9 cm³/mol. The molecule has 0 radical (unpaired) electrons. The molecule has 0 unspecified atom stereocenters. The number of carbonyl (C=O) groups excluding carboxylic acids is 2. The summed E-state index contributed by atoms with van der Waals surface area (Å²) < 4.78 is 1.31. The van der Waals surface area contributed by atoms with E-state index in [1.54, 1.807) is 24.3 Å². The van der Waals surface area contributed by atoms with Crippen LogP contribution in [0.1, 0.15) is 17.3 Å². The van der Waals surface area contributed by atoms with E-state index >= 15 is 0 Å². The molecule has 0 aliphatic carbocycles. The summed E-state index contributed by atoms with van der Waals surface area (Å²) >= 11 is 0. The van der Waals surface area contributed by atoms with Crippen LogP contribution in [-0.4, -0.2) is 31.9 Å². The average Bonchev–Trinajstić information content (AvgIpc) is 2.82. The number of hydrogen-bond acceptors (Lipinski definition) is 5. The van der Waals surface area contributed by atoms with E-state index < -0.39 is 0 Å². The largest absolute Gasteiger partial charge is 0.324 e. The van der Waals surface area contributed by atoms with Gasteiger partial charge in [0.1, 0.15) is 12.9 Å². The van der Waals surface area contributed by atoms with Gasteiger partial charge in [-0.2, -0.15) is 0 Å². The zero-order chi connectivity index (χ0) is 13.0. The number of carbonyl (C=O) groups is 2. The predicted octanol–water partition coefficient (Wildman–Crippen LogP) is 0.514. The first-order chi connectivity index (χ1) is 8.65. The molecule has 2 rings (SSSR count). The fourth-order valence-corrected chi connectivity index (χ4v) is 1.42. The van der Waals surface area contributed by atoms with E-state index in [0.717, 1.165) is 0 Å². The van der Waals surface area contributed by atoms with E-state index in [2.05, 4.69) is 20.8 Å². The molecule has 7 nitrogen and oxygen atoms in total. The van der Waals surface area contributed by atoms with Crippen LogP contribution in [0.2, 0.25) is 0 Å². The number of tetrazole rings is 1. The van der Waals surface area contributed by atoms with Gasteiger partial charge in [-0.1, -0.05) is 12.1 Å². The van der Waals surface area contributed by atoms with Crippen LogP contribution < -0.4 is 5.32 Å². The number of amides is 1. The maximum atomic E-state index is 11.6. The fourth-order valence-electron chi connectivity index (χ4n) is 1.42. The second-order valence-corrected chi connectivity index (χ2v) is 3.69. The Morgan fingerprint density at radius 3 is 2.89 bits per heavy atom. The monoisotopic (exact) mass is 245 g/mol. The van der Waals surface area contributed by atoms with Crippen molar-refractivity contribution in [2.75, 3.05) is 5.32 Å². The van der Waals surface area contributed by atoms with E-state index in [0.29, 0.717) is 11.3 Å². The van der Waals surface area contributed by atoms with Gasteiger partial charge in [0, 0.05) is 11.3 Å². The van der Waals surface area contributed by atoms with Crippen LogP contribution in [-0.2, 0) is 11.3 Å². The van der Waals surface area contributed by atoms with Crippen molar-refractivity contribution >= 4 is 17.4 Å². The van der Waals surface area contributed by atoms with Gasteiger partial charge in [0.25, 0.3) is 0 Å².